The molecule has 2 aromatic carbocycles. The molecule has 0 aliphatic carbocycles. The molecular formula is C16H15BrN2O3. The van der Waals surface area contributed by atoms with Crippen LogP contribution in [0.2, 0.25) is 0 Å². The first kappa shape index (κ1) is 16.0. The number of benzene rings is 2. The van der Waals surface area contributed by atoms with Gasteiger partial charge in [-0.1, -0.05) is 18.2 Å². The van der Waals surface area contributed by atoms with Crippen LogP contribution in [0.3, 0.4) is 0 Å². The van der Waals surface area contributed by atoms with E-state index in [4.69, 9.17) is 4.74 Å². The molecule has 0 heterocycles. The molecule has 0 bridgehead atoms. The number of hydrogen-bond donors (Lipinski definition) is 2. The van der Waals surface area contributed by atoms with E-state index in [1.165, 1.54) is 13.3 Å². The van der Waals surface area contributed by atoms with Gasteiger partial charge in [0.25, 0.3) is 5.91 Å². The van der Waals surface area contributed by atoms with Gasteiger partial charge < -0.3 is 9.84 Å². The average Bonchev–Trinajstić information content (AvgIpc) is 2.50. The highest BCUT2D eigenvalue weighted by atomic mass is 79.9. The lowest BCUT2D eigenvalue weighted by Crippen LogP contribution is -2.18. The molecule has 0 aliphatic rings. The minimum atomic E-state index is -0.279. The van der Waals surface area contributed by atoms with Crippen LogP contribution >= 0.6 is 15.9 Å². The fourth-order valence-corrected chi connectivity index (χ4v) is 2.34. The lowest BCUT2D eigenvalue weighted by atomic mass is 10.1. The Kier molecular flexibility index (Phi) is 5.16. The second-order valence-electron chi connectivity index (χ2n) is 4.57. The maximum atomic E-state index is 12.0. The molecule has 0 atom stereocenters. The molecular weight excluding hydrogens is 348 g/mol. The van der Waals surface area contributed by atoms with Gasteiger partial charge in [0.15, 0.2) is 11.5 Å². The Hall–Kier alpha value is -2.34. The quantitative estimate of drug-likeness (QED) is 0.647. The summed E-state index contributed by atoms with van der Waals surface area (Å²) in [5.41, 5.74) is 4.60. The molecule has 2 aromatic rings. The highest BCUT2D eigenvalue weighted by Gasteiger charge is 2.08. The van der Waals surface area contributed by atoms with Crippen LogP contribution < -0.4 is 10.2 Å². The topological polar surface area (TPSA) is 70.9 Å². The predicted molar refractivity (Wildman–Crippen MR) is 88.6 cm³/mol. The lowest BCUT2D eigenvalue weighted by molar-refractivity contribution is 0.0954. The molecule has 0 radical (unpaired) electrons. The minimum Gasteiger partial charge on any atom is -0.503 e. The number of nitrogens with zero attached hydrogens (tertiary/aromatic N) is 1. The third-order valence-electron chi connectivity index (χ3n) is 3.04. The van der Waals surface area contributed by atoms with Crippen molar-refractivity contribution in [2.75, 3.05) is 7.11 Å². The molecule has 0 fully saturated rings. The van der Waals surface area contributed by atoms with Crippen molar-refractivity contribution in [3.8, 4) is 11.5 Å². The molecule has 0 unspecified atom stereocenters. The maximum Gasteiger partial charge on any atom is 0.271 e. The van der Waals surface area contributed by atoms with Crippen LogP contribution in [0.15, 0.2) is 46.0 Å². The van der Waals surface area contributed by atoms with Gasteiger partial charge in [0.1, 0.15) is 0 Å². The highest BCUT2D eigenvalue weighted by Crippen LogP contribution is 2.34. The van der Waals surface area contributed by atoms with Crippen LogP contribution in [0, 0.1) is 6.92 Å². The van der Waals surface area contributed by atoms with E-state index in [-0.39, 0.29) is 11.7 Å². The Morgan fingerprint density at radius 2 is 2.09 bits per heavy atom. The SMILES string of the molecule is COc1cc(C=NNC(=O)c2ccccc2C)cc(Br)c1O. The zero-order chi connectivity index (χ0) is 16.1. The lowest BCUT2D eigenvalue weighted by Gasteiger charge is -2.06. The number of nitrogens with one attached hydrogen (secondary N) is 1. The number of halogens is 1. The first-order valence-corrected chi connectivity index (χ1v) is 7.27. The van der Waals surface area contributed by atoms with Gasteiger partial charge in [-0.25, -0.2) is 5.43 Å². The number of amides is 1. The highest BCUT2D eigenvalue weighted by molar-refractivity contribution is 9.10. The van der Waals surface area contributed by atoms with Gasteiger partial charge in [-0.2, -0.15) is 5.10 Å². The second kappa shape index (κ2) is 7.09. The van der Waals surface area contributed by atoms with Crippen LogP contribution in [-0.2, 0) is 0 Å². The van der Waals surface area contributed by atoms with E-state index in [9.17, 15) is 9.90 Å². The molecule has 22 heavy (non-hydrogen) atoms. The van der Waals surface area contributed by atoms with E-state index < -0.39 is 0 Å². The molecule has 6 heteroatoms. The number of carbonyl (C=O) groups is 1. The van der Waals surface area contributed by atoms with Crippen LogP contribution in [-0.4, -0.2) is 24.3 Å². The van der Waals surface area contributed by atoms with E-state index >= 15 is 0 Å². The van der Waals surface area contributed by atoms with Crippen molar-refractivity contribution < 1.29 is 14.6 Å². The zero-order valence-corrected chi connectivity index (χ0v) is 13.7. The van der Waals surface area contributed by atoms with Gasteiger partial charge in [-0.3, -0.25) is 4.79 Å². The number of aromatic hydroxyl groups is 1. The first-order valence-electron chi connectivity index (χ1n) is 6.48. The van der Waals surface area contributed by atoms with E-state index in [2.05, 4.69) is 26.5 Å². The molecule has 2 N–H and O–H groups in total. The van der Waals surface area contributed by atoms with Crippen LogP contribution in [0.25, 0.3) is 0 Å². The summed E-state index contributed by atoms with van der Waals surface area (Å²) >= 11 is 3.23. The third-order valence-corrected chi connectivity index (χ3v) is 3.64. The molecule has 5 nitrogen and oxygen atoms in total. The monoisotopic (exact) mass is 362 g/mol. The number of carbonyl (C=O) groups excluding carboxylic acids is 1. The summed E-state index contributed by atoms with van der Waals surface area (Å²) in [5.74, 6) is 0.0591. The Morgan fingerprint density at radius 3 is 2.77 bits per heavy atom. The smallest absolute Gasteiger partial charge is 0.271 e. The summed E-state index contributed by atoms with van der Waals surface area (Å²) in [7, 11) is 1.46. The van der Waals surface area contributed by atoms with Crippen LogP contribution in [0.4, 0.5) is 0 Å². The van der Waals surface area contributed by atoms with Crippen LogP contribution in [0.5, 0.6) is 11.5 Å². The Labute approximate surface area is 136 Å². The van der Waals surface area contributed by atoms with Gasteiger partial charge in [-0.15, -0.1) is 0 Å². The van der Waals surface area contributed by atoms with Crippen molar-refractivity contribution in [2.24, 2.45) is 5.10 Å². The standard InChI is InChI=1S/C16H15BrN2O3/c1-10-5-3-4-6-12(10)16(21)19-18-9-11-7-13(17)15(20)14(8-11)22-2/h3-9,20H,1-2H3,(H,19,21). The number of phenolic OH excluding ortho intramolecular Hbond substituents is 1. The Morgan fingerprint density at radius 1 is 1.36 bits per heavy atom. The third kappa shape index (κ3) is 3.65. The van der Waals surface area contributed by atoms with E-state index in [1.807, 2.05) is 19.1 Å². The Bertz CT molecular complexity index is 729. The summed E-state index contributed by atoms with van der Waals surface area (Å²) in [6, 6.07) is 10.6. The summed E-state index contributed by atoms with van der Waals surface area (Å²) in [6.07, 6.45) is 1.48. The number of hydrazone groups is 1. The number of methoxy groups -OCH3 is 1. The van der Waals surface area contributed by atoms with E-state index in [1.54, 1.807) is 24.3 Å². The molecule has 0 saturated carbocycles. The minimum absolute atomic E-state index is 0.0172. The van der Waals surface area contributed by atoms with Gasteiger partial charge in [-0.05, 0) is 52.2 Å². The average molecular weight is 363 g/mol. The number of hydrogen-bond acceptors (Lipinski definition) is 4. The molecule has 0 aliphatic heterocycles. The van der Waals surface area contributed by atoms with Crippen molar-refractivity contribution in [1.29, 1.82) is 0 Å². The second-order valence-corrected chi connectivity index (χ2v) is 5.42. The maximum absolute atomic E-state index is 12.0. The van der Waals surface area contributed by atoms with Gasteiger partial charge in [0, 0.05) is 5.56 Å². The fourth-order valence-electron chi connectivity index (χ4n) is 1.88. The normalized spacial score (nSPS) is 10.7. The molecule has 0 aromatic heterocycles. The molecule has 2 rings (SSSR count). The van der Waals surface area contributed by atoms with Gasteiger partial charge in [0.2, 0.25) is 0 Å². The van der Waals surface area contributed by atoms with Crippen molar-refractivity contribution >= 4 is 28.1 Å². The van der Waals surface area contributed by atoms with E-state index in [0.29, 0.717) is 21.3 Å². The van der Waals surface area contributed by atoms with E-state index in [0.717, 1.165) is 5.56 Å². The van der Waals surface area contributed by atoms with Crippen molar-refractivity contribution in [3.05, 3.63) is 57.6 Å². The zero-order valence-electron chi connectivity index (χ0n) is 12.1. The number of aryl methyl sites for hydroxylation is 1. The Balaban J connectivity index is 2.12. The molecule has 0 spiro atoms. The fraction of sp³-hybridized carbons (Fsp3) is 0.125. The summed E-state index contributed by atoms with van der Waals surface area (Å²) in [5, 5.41) is 13.7. The first-order chi connectivity index (χ1) is 10.5. The predicted octanol–water partition coefficient (Wildman–Crippen LogP) is 3.24. The summed E-state index contributed by atoms with van der Waals surface area (Å²) in [4.78, 5) is 12.0. The molecule has 114 valence electrons. The van der Waals surface area contributed by atoms with Crippen molar-refractivity contribution in [1.82, 2.24) is 5.43 Å². The van der Waals surface area contributed by atoms with Crippen molar-refractivity contribution in [2.45, 2.75) is 6.92 Å². The number of rotatable bonds is 4. The molecule has 1 amide bonds. The summed E-state index contributed by atoms with van der Waals surface area (Å²) in [6.45, 7) is 1.86. The van der Waals surface area contributed by atoms with Crippen LogP contribution in [0.1, 0.15) is 21.5 Å². The summed E-state index contributed by atoms with van der Waals surface area (Å²) < 4.78 is 5.53. The number of phenols is 1. The van der Waals surface area contributed by atoms with Gasteiger partial charge in [0.05, 0.1) is 17.8 Å². The van der Waals surface area contributed by atoms with Crippen molar-refractivity contribution in [3.63, 3.8) is 0 Å². The van der Waals surface area contributed by atoms with Gasteiger partial charge >= 0.3 is 0 Å². The largest absolute Gasteiger partial charge is 0.503 e. The number of ether oxygens (including phenoxy) is 1. The molecule has 0 saturated heterocycles.